The third-order valence-corrected chi connectivity index (χ3v) is 4.62. The van der Waals surface area contributed by atoms with E-state index in [-0.39, 0.29) is 10.8 Å². The molecule has 0 bridgehead atoms. The smallest absolute Gasteiger partial charge is 0.0975 e. The fraction of sp³-hybridized carbons (Fsp3) is 0.429. The molecule has 0 saturated carbocycles. The average Bonchev–Trinajstić information content (AvgIpc) is 2.74. The summed E-state index contributed by atoms with van der Waals surface area (Å²) in [5.41, 5.74) is 2.29. The van der Waals surface area contributed by atoms with Crippen LogP contribution in [-0.4, -0.2) is 13.9 Å². The second-order valence-electron chi connectivity index (χ2n) is 5.51. The summed E-state index contributed by atoms with van der Waals surface area (Å²) in [7, 11) is -1.06. The maximum atomic E-state index is 12.1. The van der Waals surface area contributed by atoms with E-state index < -0.39 is 11.0 Å². The molecular formula is C14H20N2OS. The van der Waals surface area contributed by atoms with Crippen LogP contribution in [0.15, 0.2) is 30.5 Å². The molecule has 2 N–H and O–H groups in total. The van der Waals surface area contributed by atoms with Gasteiger partial charge in [0.2, 0.25) is 0 Å². The van der Waals surface area contributed by atoms with Crippen molar-refractivity contribution in [2.45, 2.75) is 38.5 Å². The maximum absolute atomic E-state index is 12.1. The first-order valence-electron chi connectivity index (χ1n) is 6.13. The Balaban J connectivity index is 2.26. The molecule has 0 aliphatic rings. The second kappa shape index (κ2) is 4.86. The average molecular weight is 264 g/mol. The van der Waals surface area contributed by atoms with E-state index in [1.165, 1.54) is 10.9 Å². The van der Waals surface area contributed by atoms with Crippen LogP contribution >= 0.6 is 0 Å². The first kappa shape index (κ1) is 13.3. The minimum Gasteiger partial charge on any atom is -0.361 e. The van der Waals surface area contributed by atoms with Gasteiger partial charge in [0.1, 0.15) is 0 Å². The molecule has 2 aromatic rings. The number of benzene rings is 1. The predicted octanol–water partition coefficient (Wildman–Crippen LogP) is 3.28. The van der Waals surface area contributed by atoms with Crippen LogP contribution in [0, 0.1) is 0 Å². The summed E-state index contributed by atoms with van der Waals surface area (Å²) in [5, 5.41) is 1.18. The van der Waals surface area contributed by atoms with Crippen LogP contribution in [-0.2, 0) is 11.0 Å². The molecule has 1 aromatic heterocycles. The van der Waals surface area contributed by atoms with Crippen molar-refractivity contribution in [3.05, 3.63) is 36.0 Å². The molecule has 2 rings (SSSR count). The van der Waals surface area contributed by atoms with Crippen LogP contribution in [0.2, 0.25) is 0 Å². The van der Waals surface area contributed by atoms with E-state index >= 15 is 0 Å². The fourth-order valence-corrected chi connectivity index (χ4v) is 2.69. The third kappa shape index (κ3) is 2.65. The minimum absolute atomic E-state index is 0.0598. The topological polar surface area (TPSA) is 44.9 Å². The molecule has 0 radical (unpaired) electrons. The standard InChI is InChI=1S/C14H20N2OS/c1-10(16-18(17)14(2,3)4)11-6-5-7-13-12(11)8-9-15-13/h5-10,15-16H,1-4H3/t10-,18+/m1/s1. The van der Waals surface area contributed by atoms with E-state index in [9.17, 15) is 4.21 Å². The lowest BCUT2D eigenvalue weighted by molar-refractivity contribution is 0.617. The normalized spacial score (nSPS) is 15.8. The summed E-state index contributed by atoms with van der Waals surface area (Å²) in [4.78, 5) is 3.19. The Morgan fingerprint density at radius 3 is 2.67 bits per heavy atom. The Labute approximate surface area is 111 Å². The van der Waals surface area contributed by atoms with Gasteiger partial charge in [0.05, 0.1) is 15.7 Å². The molecular weight excluding hydrogens is 244 g/mol. The number of aromatic nitrogens is 1. The number of nitrogens with one attached hydrogen (secondary N) is 2. The highest BCUT2D eigenvalue weighted by molar-refractivity contribution is 7.84. The van der Waals surface area contributed by atoms with Crippen LogP contribution in [0.4, 0.5) is 0 Å². The van der Waals surface area contributed by atoms with Crippen molar-refractivity contribution in [1.82, 2.24) is 9.71 Å². The highest BCUT2D eigenvalue weighted by Gasteiger charge is 2.22. The molecule has 1 aromatic carbocycles. The Kier molecular flexibility index (Phi) is 3.59. The molecule has 0 aliphatic carbocycles. The van der Waals surface area contributed by atoms with E-state index in [1.807, 2.05) is 46.0 Å². The zero-order valence-electron chi connectivity index (χ0n) is 11.3. The fourth-order valence-electron chi connectivity index (χ4n) is 1.89. The number of hydrogen-bond donors (Lipinski definition) is 2. The SMILES string of the molecule is C[C@@H](N[S@@](=O)C(C)(C)C)c1cccc2[nH]ccc12. The first-order valence-corrected chi connectivity index (χ1v) is 7.28. The Bertz CT molecular complexity index is 568. The van der Waals surface area contributed by atoms with Crippen molar-refractivity contribution in [3.8, 4) is 0 Å². The molecule has 1 heterocycles. The zero-order valence-corrected chi connectivity index (χ0v) is 12.1. The Morgan fingerprint density at radius 2 is 2.00 bits per heavy atom. The van der Waals surface area contributed by atoms with Gasteiger partial charge in [-0.1, -0.05) is 12.1 Å². The van der Waals surface area contributed by atoms with Crippen molar-refractivity contribution >= 4 is 21.9 Å². The second-order valence-corrected chi connectivity index (χ2v) is 7.50. The van der Waals surface area contributed by atoms with Crippen LogP contribution in [0.1, 0.15) is 39.3 Å². The Hall–Kier alpha value is -1.13. The lowest BCUT2D eigenvalue weighted by Gasteiger charge is -2.22. The van der Waals surface area contributed by atoms with Gasteiger partial charge in [-0.2, -0.15) is 0 Å². The zero-order chi connectivity index (χ0) is 13.3. The summed E-state index contributed by atoms with van der Waals surface area (Å²) >= 11 is 0. The number of aromatic amines is 1. The summed E-state index contributed by atoms with van der Waals surface area (Å²) in [5.74, 6) is 0. The number of H-pyrrole nitrogens is 1. The third-order valence-electron chi connectivity index (χ3n) is 2.94. The monoisotopic (exact) mass is 264 g/mol. The van der Waals surface area contributed by atoms with E-state index in [4.69, 9.17) is 0 Å². The quantitative estimate of drug-likeness (QED) is 0.878. The highest BCUT2D eigenvalue weighted by Crippen LogP contribution is 2.24. The molecule has 0 fully saturated rings. The van der Waals surface area contributed by atoms with E-state index in [1.54, 1.807) is 0 Å². The van der Waals surface area contributed by atoms with Crippen LogP contribution in [0.3, 0.4) is 0 Å². The van der Waals surface area contributed by atoms with E-state index in [2.05, 4.69) is 21.8 Å². The van der Waals surface area contributed by atoms with Crippen LogP contribution in [0.5, 0.6) is 0 Å². The molecule has 0 aliphatic heterocycles. The molecule has 0 saturated heterocycles. The molecule has 2 atom stereocenters. The first-order chi connectivity index (χ1) is 8.39. The number of hydrogen-bond acceptors (Lipinski definition) is 1. The molecule has 4 heteroatoms. The molecule has 18 heavy (non-hydrogen) atoms. The van der Waals surface area contributed by atoms with Crippen molar-refractivity contribution in [2.75, 3.05) is 0 Å². The van der Waals surface area contributed by atoms with E-state index in [0.29, 0.717) is 0 Å². The van der Waals surface area contributed by atoms with E-state index in [0.717, 1.165) is 5.52 Å². The maximum Gasteiger partial charge on any atom is 0.0975 e. The van der Waals surface area contributed by atoms with Gasteiger partial charge in [0, 0.05) is 23.1 Å². The van der Waals surface area contributed by atoms with Crippen molar-refractivity contribution in [2.24, 2.45) is 0 Å². The van der Waals surface area contributed by atoms with Gasteiger partial charge in [0.15, 0.2) is 0 Å². The minimum atomic E-state index is -1.06. The Morgan fingerprint density at radius 1 is 1.28 bits per heavy atom. The van der Waals surface area contributed by atoms with Crippen molar-refractivity contribution in [3.63, 3.8) is 0 Å². The molecule has 3 nitrogen and oxygen atoms in total. The van der Waals surface area contributed by atoms with Crippen molar-refractivity contribution in [1.29, 1.82) is 0 Å². The van der Waals surface area contributed by atoms with Gasteiger partial charge >= 0.3 is 0 Å². The summed E-state index contributed by atoms with van der Waals surface area (Å²) in [6.07, 6.45) is 1.93. The number of rotatable bonds is 3. The molecule has 98 valence electrons. The summed E-state index contributed by atoms with van der Waals surface area (Å²) in [6.45, 7) is 7.96. The predicted molar refractivity (Wildman–Crippen MR) is 77.7 cm³/mol. The molecule has 0 unspecified atom stereocenters. The summed E-state index contributed by atoms with van der Waals surface area (Å²) in [6, 6.07) is 8.26. The van der Waals surface area contributed by atoms with Gasteiger partial charge < -0.3 is 4.98 Å². The van der Waals surface area contributed by atoms with Gasteiger partial charge in [-0.15, -0.1) is 0 Å². The van der Waals surface area contributed by atoms with Gasteiger partial charge in [-0.3, -0.25) is 0 Å². The largest absolute Gasteiger partial charge is 0.361 e. The molecule has 0 spiro atoms. The summed E-state index contributed by atoms with van der Waals surface area (Å²) < 4.78 is 15.0. The lowest BCUT2D eigenvalue weighted by atomic mass is 10.1. The number of fused-ring (bicyclic) bond motifs is 1. The van der Waals surface area contributed by atoms with Gasteiger partial charge in [-0.25, -0.2) is 8.93 Å². The van der Waals surface area contributed by atoms with Gasteiger partial charge in [0.25, 0.3) is 0 Å². The van der Waals surface area contributed by atoms with Crippen molar-refractivity contribution < 1.29 is 4.21 Å². The highest BCUT2D eigenvalue weighted by atomic mass is 32.2. The van der Waals surface area contributed by atoms with Crippen LogP contribution < -0.4 is 4.72 Å². The van der Waals surface area contributed by atoms with Crippen LogP contribution in [0.25, 0.3) is 10.9 Å². The lowest BCUT2D eigenvalue weighted by Crippen LogP contribution is -2.34. The van der Waals surface area contributed by atoms with Gasteiger partial charge in [-0.05, 0) is 45.4 Å². The molecule has 0 amide bonds.